The second kappa shape index (κ2) is 7.53. The van der Waals surface area contributed by atoms with Crippen molar-refractivity contribution in [2.24, 2.45) is 5.41 Å². The van der Waals surface area contributed by atoms with Crippen LogP contribution in [0.25, 0.3) is 0 Å². The van der Waals surface area contributed by atoms with Gasteiger partial charge in [-0.05, 0) is 61.4 Å². The normalized spacial score (nSPS) is 18.1. The Morgan fingerprint density at radius 1 is 1.30 bits per heavy atom. The maximum absolute atomic E-state index is 13.5. The van der Waals surface area contributed by atoms with E-state index in [1.165, 1.54) is 6.07 Å². The van der Waals surface area contributed by atoms with Gasteiger partial charge in [0.05, 0.1) is 0 Å². The van der Waals surface area contributed by atoms with Crippen LogP contribution in [-0.2, 0) is 11.2 Å². The summed E-state index contributed by atoms with van der Waals surface area (Å²) in [6.45, 7) is 5.82. The molecule has 2 nitrogen and oxygen atoms in total. The molecule has 0 aliphatic carbocycles. The fourth-order valence-electron chi connectivity index (χ4n) is 2.90. The van der Waals surface area contributed by atoms with E-state index >= 15 is 0 Å². The summed E-state index contributed by atoms with van der Waals surface area (Å²) < 4.78 is 19.9. The zero-order chi connectivity index (χ0) is 14.4. The van der Waals surface area contributed by atoms with Gasteiger partial charge >= 0.3 is 0 Å². The average molecular weight is 344 g/mol. The zero-order valence-corrected chi connectivity index (χ0v) is 13.6. The first-order chi connectivity index (χ1) is 9.63. The molecule has 1 N–H and O–H groups in total. The summed E-state index contributed by atoms with van der Waals surface area (Å²) in [5, 5.41) is 3.53. The van der Waals surface area contributed by atoms with Gasteiger partial charge < -0.3 is 10.1 Å². The van der Waals surface area contributed by atoms with Crippen LogP contribution in [0.4, 0.5) is 4.39 Å². The Hall–Kier alpha value is -0.450. The Morgan fingerprint density at radius 3 is 2.70 bits per heavy atom. The van der Waals surface area contributed by atoms with Crippen LogP contribution in [0.3, 0.4) is 0 Å². The van der Waals surface area contributed by atoms with Gasteiger partial charge in [-0.3, -0.25) is 0 Å². The molecule has 0 saturated carbocycles. The van der Waals surface area contributed by atoms with E-state index in [1.54, 1.807) is 6.07 Å². The minimum Gasteiger partial charge on any atom is -0.381 e. The molecule has 2 rings (SSSR count). The van der Waals surface area contributed by atoms with Crippen molar-refractivity contribution in [1.29, 1.82) is 0 Å². The van der Waals surface area contributed by atoms with Crippen molar-refractivity contribution in [3.8, 4) is 0 Å². The molecule has 0 atom stereocenters. The first-order valence-electron chi connectivity index (χ1n) is 7.37. The lowest BCUT2D eigenvalue weighted by Crippen LogP contribution is -2.41. The molecule has 20 heavy (non-hydrogen) atoms. The third kappa shape index (κ3) is 4.54. The Labute approximate surface area is 129 Å². The molecule has 1 fully saturated rings. The van der Waals surface area contributed by atoms with Gasteiger partial charge in [0.15, 0.2) is 0 Å². The van der Waals surface area contributed by atoms with Crippen molar-refractivity contribution in [1.82, 2.24) is 5.32 Å². The van der Waals surface area contributed by atoms with Crippen LogP contribution in [0.2, 0.25) is 0 Å². The van der Waals surface area contributed by atoms with E-state index < -0.39 is 0 Å². The highest BCUT2D eigenvalue weighted by Crippen LogP contribution is 2.34. The van der Waals surface area contributed by atoms with E-state index in [0.717, 1.165) is 62.0 Å². The van der Waals surface area contributed by atoms with Gasteiger partial charge in [-0.1, -0.05) is 22.9 Å². The third-order valence-electron chi connectivity index (χ3n) is 3.98. The Morgan fingerprint density at radius 2 is 2.05 bits per heavy atom. The number of rotatable bonds is 6. The van der Waals surface area contributed by atoms with Crippen LogP contribution in [0.15, 0.2) is 22.7 Å². The van der Waals surface area contributed by atoms with E-state index in [-0.39, 0.29) is 11.2 Å². The summed E-state index contributed by atoms with van der Waals surface area (Å²) >= 11 is 3.38. The largest absolute Gasteiger partial charge is 0.381 e. The summed E-state index contributed by atoms with van der Waals surface area (Å²) in [4.78, 5) is 0. The van der Waals surface area contributed by atoms with Crippen molar-refractivity contribution in [3.05, 3.63) is 34.1 Å². The second-order valence-corrected chi connectivity index (χ2v) is 6.66. The molecule has 1 saturated heterocycles. The number of benzene rings is 1. The Bertz CT molecular complexity index is 412. The lowest BCUT2D eigenvalue weighted by molar-refractivity contribution is 0.0150. The quantitative estimate of drug-likeness (QED) is 0.790. The van der Waals surface area contributed by atoms with Gasteiger partial charge in [-0.25, -0.2) is 4.39 Å². The van der Waals surface area contributed by atoms with E-state index in [1.807, 2.05) is 6.07 Å². The van der Waals surface area contributed by atoms with E-state index in [2.05, 4.69) is 28.2 Å². The van der Waals surface area contributed by atoms with E-state index in [4.69, 9.17) is 4.74 Å². The average Bonchev–Trinajstić information content (AvgIpc) is 2.38. The molecule has 4 heteroatoms. The monoisotopic (exact) mass is 343 g/mol. The van der Waals surface area contributed by atoms with Crippen molar-refractivity contribution < 1.29 is 9.13 Å². The van der Waals surface area contributed by atoms with Gasteiger partial charge in [0.2, 0.25) is 0 Å². The third-order valence-corrected chi connectivity index (χ3v) is 4.44. The van der Waals surface area contributed by atoms with Gasteiger partial charge in [0.25, 0.3) is 0 Å². The Balaban J connectivity index is 2.09. The molecule has 112 valence electrons. The zero-order valence-electron chi connectivity index (χ0n) is 12.1. The number of hydrogen-bond acceptors (Lipinski definition) is 2. The smallest absolute Gasteiger partial charge is 0.124 e. The highest BCUT2D eigenvalue weighted by Gasteiger charge is 2.32. The topological polar surface area (TPSA) is 21.3 Å². The SMILES string of the molecule is CCCNCC1(Cc2cc(F)cc(Br)c2)CCOCC1. The fourth-order valence-corrected chi connectivity index (χ4v) is 3.41. The van der Waals surface area contributed by atoms with E-state index in [9.17, 15) is 4.39 Å². The van der Waals surface area contributed by atoms with Crippen molar-refractivity contribution in [2.75, 3.05) is 26.3 Å². The standard InChI is InChI=1S/C16H23BrFNO/c1-2-5-19-12-16(3-6-20-7-4-16)11-13-8-14(17)10-15(18)9-13/h8-10,19H,2-7,11-12H2,1H3. The fraction of sp³-hybridized carbons (Fsp3) is 0.625. The molecule has 1 aromatic rings. The minimum absolute atomic E-state index is 0.168. The van der Waals surface area contributed by atoms with Crippen LogP contribution in [-0.4, -0.2) is 26.3 Å². The lowest BCUT2D eigenvalue weighted by Gasteiger charge is -2.38. The van der Waals surface area contributed by atoms with Crippen LogP contribution in [0.5, 0.6) is 0 Å². The van der Waals surface area contributed by atoms with Crippen LogP contribution >= 0.6 is 15.9 Å². The first-order valence-corrected chi connectivity index (χ1v) is 8.16. The summed E-state index contributed by atoms with van der Waals surface area (Å²) in [6, 6.07) is 5.19. The van der Waals surface area contributed by atoms with Gasteiger partial charge in [0.1, 0.15) is 5.82 Å². The molecule has 0 unspecified atom stereocenters. The molecular formula is C16H23BrFNO. The number of ether oxygens (including phenoxy) is 1. The minimum atomic E-state index is -0.168. The molecular weight excluding hydrogens is 321 g/mol. The molecule has 0 bridgehead atoms. The molecule has 0 radical (unpaired) electrons. The Kier molecular flexibility index (Phi) is 6.00. The van der Waals surface area contributed by atoms with Gasteiger partial charge in [-0.15, -0.1) is 0 Å². The van der Waals surface area contributed by atoms with Gasteiger partial charge in [0, 0.05) is 24.2 Å². The van der Waals surface area contributed by atoms with Crippen molar-refractivity contribution in [2.45, 2.75) is 32.6 Å². The highest BCUT2D eigenvalue weighted by atomic mass is 79.9. The van der Waals surface area contributed by atoms with Crippen LogP contribution < -0.4 is 5.32 Å². The molecule has 1 aromatic carbocycles. The van der Waals surface area contributed by atoms with Crippen LogP contribution in [0.1, 0.15) is 31.7 Å². The summed E-state index contributed by atoms with van der Waals surface area (Å²) in [6.07, 6.45) is 4.12. The maximum atomic E-state index is 13.5. The molecule has 1 aliphatic rings. The molecule has 0 spiro atoms. The summed E-state index contributed by atoms with van der Waals surface area (Å²) in [7, 11) is 0. The van der Waals surface area contributed by atoms with Gasteiger partial charge in [-0.2, -0.15) is 0 Å². The predicted molar refractivity (Wildman–Crippen MR) is 83.5 cm³/mol. The van der Waals surface area contributed by atoms with Crippen molar-refractivity contribution in [3.63, 3.8) is 0 Å². The number of nitrogens with one attached hydrogen (secondary N) is 1. The number of halogens is 2. The molecule has 0 aromatic heterocycles. The summed E-state index contributed by atoms with van der Waals surface area (Å²) in [5.41, 5.74) is 1.26. The summed E-state index contributed by atoms with van der Waals surface area (Å²) in [5.74, 6) is -0.168. The van der Waals surface area contributed by atoms with Crippen molar-refractivity contribution >= 4 is 15.9 Å². The van der Waals surface area contributed by atoms with E-state index in [0.29, 0.717) is 0 Å². The second-order valence-electron chi connectivity index (χ2n) is 5.74. The predicted octanol–water partition coefficient (Wildman–Crippen LogP) is 3.93. The lowest BCUT2D eigenvalue weighted by atomic mass is 9.75. The molecule has 1 heterocycles. The number of hydrogen-bond donors (Lipinski definition) is 1. The maximum Gasteiger partial charge on any atom is 0.124 e. The first kappa shape index (κ1) is 15.9. The highest BCUT2D eigenvalue weighted by molar-refractivity contribution is 9.10. The molecule has 1 aliphatic heterocycles. The molecule has 0 amide bonds. The van der Waals surface area contributed by atoms with Crippen LogP contribution in [0, 0.1) is 11.2 Å².